The highest BCUT2D eigenvalue weighted by molar-refractivity contribution is 5.81. The van der Waals surface area contributed by atoms with Crippen molar-refractivity contribution in [2.75, 3.05) is 0 Å². The van der Waals surface area contributed by atoms with Gasteiger partial charge in [-0.3, -0.25) is 10.1 Å². The topological polar surface area (TPSA) is 76.3 Å². The van der Waals surface area contributed by atoms with Gasteiger partial charge in [0.05, 0.1) is 16.1 Å². The Morgan fingerprint density at radius 2 is 1.85 bits per heavy atom. The van der Waals surface area contributed by atoms with Crippen LogP contribution in [0.25, 0.3) is 22.2 Å². The molecule has 1 aromatic heterocycles. The van der Waals surface area contributed by atoms with Gasteiger partial charge in [0.2, 0.25) is 0 Å². The Labute approximate surface area is 114 Å². The largest absolute Gasteiger partial charge is 0.502 e. The first-order chi connectivity index (χ1) is 9.65. The van der Waals surface area contributed by atoms with Gasteiger partial charge in [0.15, 0.2) is 5.75 Å². The fraction of sp³-hybridized carbons (Fsp3) is 0. The van der Waals surface area contributed by atoms with E-state index < -0.39 is 4.92 Å². The predicted octanol–water partition coefficient (Wildman–Crippen LogP) is 3.52. The summed E-state index contributed by atoms with van der Waals surface area (Å²) in [4.78, 5) is 14.5. The predicted molar refractivity (Wildman–Crippen MR) is 75.5 cm³/mol. The number of hydrogen-bond donors (Lipinski definition) is 1. The molecular formula is C15H10N2O3. The van der Waals surface area contributed by atoms with Crippen molar-refractivity contribution in [1.29, 1.82) is 0 Å². The molecule has 0 fully saturated rings. The second-order valence-corrected chi connectivity index (χ2v) is 4.35. The molecule has 0 saturated carbocycles. The smallest absolute Gasteiger partial charge is 0.310 e. The first-order valence-electron chi connectivity index (χ1n) is 5.99. The maximum atomic E-state index is 10.7. The van der Waals surface area contributed by atoms with Crippen molar-refractivity contribution in [3.05, 3.63) is 64.7 Å². The van der Waals surface area contributed by atoms with Gasteiger partial charge < -0.3 is 5.11 Å². The average molecular weight is 266 g/mol. The molecule has 5 nitrogen and oxygen atoms in total. The maximum Gasteiger partial charge on any atom is 0.310 e. The Bertz CT molecular complexity index is 815. The minimum absolute atomic E-state index is 0.311. The van der Waals surface area contributed by atoms with Crippen LogP contribution < -0.4 is 0 Å². The number of rotatable bonds is 2. The van der Waals surface area contributed by atoms with Crippen LogP contribution in [0.15, 0.2) is 54.6 Å². The highest BCUT2D eigenvalue weighted by atomic mass is 16.6. The zero-order valence-electron chi connectivity index (χ0n) is 10.4. The highest BCUT2D eigenvalue weighted by Crippen LogP contribution is 2.31. The molecule has 2 aromatic carbocycles. The summed E-state index contributed by atoms with van der Waals surface area (Å²) >= 11 is 0. The van der Waals surface area contributed by atoms with E-state index in [9.17, 15) is 15.2 Å². The number of pyridine rings is 1. The van der Waals surface area contributed by atoms with E-state index in [1.807, 2.05) is 36.4 Å². The molecule has 0 unspecified atom stereocenters. The Morgan fingerprint density at radius 3 is 2.60 bits per heavy atom. The first kappa shape index (κ1) is 12.1. The van der Waals surface area contributed by atoms with E-state index in [-0.39, 0.29) is 11.4 Å². The summed E-state index contributed by atoms with van der Waals surface area (Å²) < 4.78 is 0. The van der Waals surface area contributed by atoms with Gasteiger partial charge in [-0.25, -0.2) is 4.98 Å². The second kappa shape index (κ2) is 4.62. The zero-order valence-corrected chi connectivity index (χ0v) is 10.4. The lowest BCUT2D eigenvalue weighted by molar-refractivity contribution is -0.385. The summed E-state index contributed by atoms with van der Waals surface area (Å²) in [5.74, 6) is -0.359. The maximum absolute atomic E-state index is 10.7. The number of nitrogens with zero attached hydrogens (tertiary/aromatic N) is 2. The van der Waals surface area contributed by atoms with Gasteiger partial charge in [0.25, 0.3) is 0 Å². The molecular weight excluding hydrogens is 256 g/mol. The third-order valence-electron chi connectivity index (χ3n) is 3.07. The van der Waals surface area contributed by atoms with Crippen molar-refractivity contribution < 1.29 is 10.0 Å². The highest BCUT2D eigenvalue weighted by Gasteiger charge is 2.14. The van der Waals surface area contributed by atoms with E-state index in [1.165, 1.54) is 12.1 Å². The fourth-order valence-electron chi connectivity index (χ4n) is 2.06. The molecule has 3 rings (SSSR count). The van der Waals surface area contributed by atoms with Crippen LogP contribution in [0.5, 0.6) is 5.75 Å². The number of phenols is 1. The lowest BCUT2D eigenvalue weighted by atomic mass is 10.1. The van der Waals surface area contributed by atoms with Crippen molar-refractivity contribution in [1.82, 2.24) is 4.98 Å². The minimum Gasteiger partial charge on any atom is -0.502 e. The van der Waals surface area contributed by atoms with Gasteiger partial charge in [0, 0.05) is 17.0 Å². The van der Waals surface area contributed by atoms with Crippen LogP contribution in [0.2, 0.25) is 0 Å². The van der Waals surface area contributed by atoms with Crippen LogP contribution >= 0.6 is 0 Å². The number of phenolic OH excluding ortho intramolecular Hbond substituents is 1. The number of nitro benzene ring substituents is 1. The van der Waals surface area contributed by atoms with E-state index in [0.29, 0.717) is 11.3 Å². The molecule has 1 heterocycles. The Morgan fingerprint density at radius 1 is 1.05 bits per heavy atom. The van der Waals surface area contributed by atoms with E-state index in [4.69, 9.17) is 0 Å². The SMILES string of the molecule is O=[N+]([O-])c1ccc(-c2ccc3ccccc3n2)cc1O. The summed E-state index contributed by atoms with van der Waals surface area (Å²) in [6.45, 7) is 0. The van der Waals surface area contributed by atoms with E-state index >= 15 is 0 Å². The number of benzene rings is 2. The Kier molecular flexibility index (Phi) is 2.80. The monoisotopic (exact) mass is 266 g/mol. The minimum atomic E-state index is -0.618. The molecule has 0 aliphatic heterocycles. The van der Waals surface area contributed by atoms with Crippen LogP contribution in [0.3, 0.4) is 0 Å². The summed E-state index contributed by atoms with van der Waals surface area (Å²) in [7, 11) is 0. The molecule has 0 aliphatic rings. The first-order valence-corrected chi connectivity index (χ1v) is 5.99. The van der Waals surface area contributed by atoms with Crippen LogP contribution in [-0.2, 0) is 0 Å². The molecule has 0 saturated heterocycles. The summed E-state index contributed by atoms with van der Waals surface area (Å²) in [5.41, 5.74) is 1.82. The summed E-state index contributed by atoms with van der Waals surface area (Å²) in [5, 5.41) is 21.4. The third-order valence-corrected chi connectivity index (χ3v) is 3.07. The van der Waals surface area contributed by atoms with E-state index in [0.717, 1.165) is 10.9 Å². The molecule has 20 heavy (non-hydrogen) atoms. The van der Waals surface area contributed by atoms with Crippen LogP contribution in [-0.4, -0.2) is 15.0 Å². The summed E-state index contributed by atoms with van der Waals surface area (Å²) in [6.07, 6.45) is 0. The molecule has 1 N–H and O–H groups in total. The fourth-order valence-corrected chi connectivity index (χ4v) is 2.06. The van der Waals surface area contributed by atoms with Crippen molar-refractivity contribution >= 4 is 16.6 Å². The van der Waals surface area contributed by atoms with Gasteiger partial charge in [-0.1, -0.05) is 24.3 Å². The summed E-state index contributed by atoms with van der Waals surface area (Å²) in [6, 6.07) is 15.6. The lowest BCUT2D eigenvalue weighted by Crippen LogP contribution is -1.90. The molecule has 3 aromatic rings. The molecule has 0 radical (unpaired) electrons. The van der Waals surface area contributed by atoms with Gasteiger partial charge in [-0.05, 0) is 24.3 Å². The number of aromatic hydroxyl groups is 1. The van der Waals surface area contributed by atoms with Crippen LogP contribution in [0.1, 0.15) is 0 Å². The Balaban J connectivity index is 2.11. The number of fused-ring (bicyclic) bond motifs is 1. The Hall–Kier alpha value is -2.95. The van der Waals surface area contributed by atoms with E-state index in [2.05, 4.69) is 4.98 Å². The standard InChI is InChI=1S/C15H10N2O3/c18-15-9-11(6-8-14(15)17(19)20)13-7-5-10-3-1-2-4-12(10)16-13/h1-9,18H. The van der Waals surface area contributed by atoms with Crippen molar-refractivity contribution in [3.8, 4) is 17.0 Å². The number of hydrogen-bond acceptors (Lipinski definition) is 4. The molecule has 0 bridgehead atoms. The van der Waals surface area contributed by atoms with Gasteiger partial charge >= 0.3 is 5.69 Å². The second-order valence-electron chi connectivity index (χ2n) is 4.35. The van der Waals surface area contributed by atoms with Crippen molar-refractivity contribution in [2.45, 2.75) is 0 Å². The number of para-hydroxylation sites is 1. The van der Waals surface area contributed by atoms with Crippen LogP contribution in [0.4, 0.5) is 5.69 Å². The molecule has 0 aliphatic carbocycles. The number of nitro groups is 1. The normalized spacial score (nSPS) is 10.6. The third kappa shape index (κ3) is 2.05. The lowest BCUT2D eigenvalue weighted by Gasteiger charge is -2.04. The van der Waals surface area contributed by atoms with Crippen molar-refractivity contribution in [2.24, 2.45) is 0 Å². The zero-order chi connectivity index (χ0) is 14.1. The van der Waals surface area contributed by atoms with E-state index in [1.54, 1.807) is 6.07 Å². The quantitative estimate of drug-likeness (QED) is 0.568. The molecule has 0 spiro atoms. The molecule has 5 heteroatoms. The molecule has 0 amide bonds. The molecule has 98 valence electrons. The van der Waals surface area contributed by atoms with Crippen LogP contribution in [0, 0.1) is 10.1 Å². The van der Waals surface area contributed by atoms with Gasteiger partial charge in [-0.15, -0.1) is 0 Å². The molecule has 0 atom stereocenters. The van der Waals surface area contributed by atoms with Gasteiger partial charge in [0.1, 0.15) is 0 Å². The van der Waals surface area contributed by atoms with Crippen molar-refractivity contribution in [3.63, 3.8) is 0 Å². The average Bonchev–Trinajstić information content (AvgIpc) is 2.46. The number of aromatic nitrogens is 1. The van der Waals surface area contributed by atoms with Gasteiger partial charge in [-0.2, -0.15) is 0 Å².